The number of carbonyl (C=O) groups excluding carboxylic acids is 2. The van der Waals surface area contributed by atoms with E-state index in [9.17, 15) is 9.59 Å². The molecule has 3 heteroatoms. The van der Waals surface area contributed by atoms with Crippen LogP contribution in [0.3, 0.4) is 0 Å². The largest absolute Gasteiger partial charge is 0.495 e. The fraction of sp³-hybridized carbons (Fsp3) is 0.789. The zero-order chi connectivity index (χ0) is 15.7. The number of hydrogen-bond acceptors (Lipinski definition) is 3. The van der Waals surface area contributed by atoms with Gasteiger partial charge in [0.1, 0.15) is 11.6 Å². The molecule has 122 valence electrons. The van der Waals surface area contributed by atoms with E-state index in [-0.39, 0.29) is 17.3 Å². The first kappa shape index (κ1) is 15.8. The van der Waals surface area contributed by atoms with Crippen LogP contribution in [0.1, 0.15) is 78.1 Å². The summed E-state index contributed by atoms with van der Waals surface area (Å²) in [5.41, 5.74) is 1.39. The molecule has 0 aromatic heterocycles. The first-order valence-electron chi connectivity index (χ1n) is 8.98. The molecule has 0 bridgehead atoms. The number of carbonyl (C=O) groups is 2. The standard InChI is InChI=1S/C19H28O3/c1-3-19-12-11-17-15(16(19)9-10-18(19)21)8-7-14(22-17)6-4-5-13(2)20/h14,16H,3-12H2,1-2H3. The first-order chi connectivity index (χ1) is 10.6. The second kappa shape index (κ2) is 6.17. The molecule has 0 aromatic rings. The van der Waals surface area contributed by atoms with Crippen LogP contribution in [0.5, 0.6) is 0 Å². The van der Waals surface area contributed by atoms with Gasteiger partial charge >= 0.3 is 0 Å². The highest BCUT2D eigenvalue weighted by Crippen LogP contribution is 2.56. The second-order valence-electron chi connectivity index (χ2n) is 7.35. The molecule has 0 radical (unpaired) electrons. The second-order valence-corrected chi connectivity index (χ2v) is 7.35. The molecule has 22 heavy (non-hydrogen) atoms. The Morgan fingerprint density at radius 2 is 2.09 bits per heavy atom. The van der Waals surface area contributed by atoms with Gasteiger partial charge in [0, 0.05) is 24.7 Å². The van der Waals surface area contributed by atoms with Crippen LogP contribution in [0.25, 0.3) is 0 Å². The van der Waals surface area contributed by atoms with Gasteiger partial charge in [-0.25, -0.2) is 0 Å². The summed E-state index contributed by atoms with van der Waals surface area (Å²) in [6.07, 6.45) is 9.71. The molecule has 1 saturated carbocycles. The molecule has 1 heterocycles. The predicted octanol–water partition coefficient (Wildman–Crippen LogP) is 4.35. The molecule has 3 aliphatic rings. The molecular formula is C19H28O3. The normalized spacial score (nSPS) is 34.2. The third-order valence-corrected chi connectivity index (χ3v) is 6.19. The number of ether oxygens (including phenoxy) is 1. The fourth-order valence-electron chi connectivity index (χ4n) is 4.94. The number of rotatable bonds is 5. The molecule has 0 spiro atoms. The smallest absolute Gasteiger partial charge is 0.139 e. The molecule has 2 aliphatic carbocycles. The topological polar surface area (TPSA) is 43.4 Å². The average Bonchev–Trinajstić information content (AvgIpc) is 2.84. The highest BCUT2D eigenvalue weighted by molar-refractivity contribution is 5.88. The third-order valence-electron chi connectivity index (χ3n) is 6.19. The maximum Gasteiger partial charge on any atom is 0.139 e. The summed E-state index contributed by atoms with van der Waals surface area (Å²) in [6.45, 7) is 3.83. The van der Waals surface area contributed by atoms with E-state index >= 15 is 0 Å². The zero-order valence-electron chi connectivity index (χ0n) is 14.0. The van der Waals surface area contributed by atoms with E-state index in [1.165, 1.54) is 11.3 Å². The van der Waals surface area contributed by atoms with Crippen molar-refractivity contribution in [2.45, 2.75) is 84.2 Å². The van der Waals surface area contributed by atoms with Gasteiger partial charge in [-0.1, -0.05) is 6.92 Å². The van der Waals surface area contributed by atoms with Gasteiger partial charge in [-0.05, 0) is 63.4 Å². The van der Waals surface area contributed by atoms with Crippen LogP contribution < -0.4 is 0 Å². The van der Waals surface area contributed by atoms with Crippen LogP contribution in [0, 0.1) is 11.3 Å². The van der Waals surface area contributed by atoms with Crippen molar-refractivity contribution in [3.63, 3.8) is 0 Å². The number of fused-ring (bicyclic) bond motifs is 2. The number of hydrogen-bond donors (Lipinski definition) is 0. The predicted molar refractivity (Wildman–Crippen MR) is 85.4 cm³/mol. The molecule has 3 unspecified atom stereocenters. The Balaban J connectivity index is 1.68. The van der Waals surface area contributed by atoms with Crippen molar-refractivity contribution >= 4 is 11.6 Å². The van der Waals surface area contributed by atoms with Gasteiger partial charge in [-0.2, -0.15) is 0 Å². The SMILES string of the molecule is CCC12CCC3=C(CCC(CCCC(C)=O)O3)C1CCC2=O. The Morgan fingerprint density at radius 3 is 2.82 bits per heavy atom. The van der Waals surface area contributed by atoms with Gasteiger partial charge in [-0.15, -0.1) is 0 Å². The lowest BCUT2D eigenvalue weighted by molar-refractivity contribution is -0.128. The summed E-state index contributed by atoms with van der Waals surface area (Å²) in [7, 11) is 0. The Bertz CT molecular complexity index is 505. The molecule has 3 rings (SSSR count). The highest BCUT2D eigenvalue weighted by atomic mass is 16.5. The minimum absolute atomic E-state index is 0.0658. The molecule has 0 amide bonds. The zero-order valence-corrected chi connectivity index (χ0v) is 14.0. The van der Waals surface area contributed by atoms with Crippen molar-refractivity contribution in [1.29, 1.82) is 0 Å². The summed E-state index contributed by atoms with van der Waals surface area (Å²) < 4.78 is 6.26. The monoisotopic (exact) mass is 304 g/mol. The van der Waals surface area contributed by atoms with Crippen molar-refractivity contribution in [3.8, 4) is 0 Å². The quantitative estimate of drug-likeness (QED) is 0.758. The maximum absolute atomic E-state index is 12.4. The van der Waals surface area contributed by atoms with Crippen molar-refractivity contribution < 1.29 is 14.3 Å². The van der Waals surface area contributed by atoms with Crippen LogP contribution in [0.4, 0.5) is 0 Å². The van der Waals surface area contributed by atoms with E-state index in [2.05, 4.69) is 6.92 Å². The van der Waals surface area contributed by atoms with Gasteiger partial charge in [0.25, 0.3) is 0 Å². The minimum atomic E-state index is -0.0658. The maximum atomic E-state index is 12.4. The van der Waals surface area contributed by atoms with E-state index in [1.54, 1.807) is 6.92 Å². The summed E-state index contributed by atoms with van der Waals surface area (Å²) in [6, 6.07) is 0. The Labute approximate surface area is 133 Å². The van der Waals surface area contributed by atoms with Gasteiger partial charge in [0.2, 0.25) is 0 Å². The average molecular weight is 304 g/mol. The summed E-state index contributed by atoms with van der Waals surface area (Å²) in [4.78, 5) is 23.5. The molecule has 3 atom stereocenters. The van der Waals surface area contributed by atoms with E-state index in [4.69, 9.17) is 4.74 Å². The lowest BCUT2D eigenvalue weighted by Gasteiger charge is -2.43. The first-order valence-corrected chi connectivity index (χ1v) is 8.98. The van der Waals surface area contributed by atoms with Crippen LogP contribution >= 0.6 is 0 Å². The van der Waals surface area contributed by atoms with Gasteiger partial charge in [0.15, 0.2) is 0 Å². The van der Waals surface area contributed by atoms with E-state index in [0.29, 0.717) is 18.1 Å². The van der Waals surface area contributed by atoms with E-state index in [1.807, 2.05) is 0 Å². The van der Waals surface area contributed by atoms with E-state index in [0.717, 1.165) is 57.8 Å². The molecule has 1 aliphatic heterocycles. The fourth-order valence-corrected chi connectivity index (χ4v) is 4.94. The van der Waals surface area contributed by atoms with Crippen LogP contribution in [0.15, 0.2) is 11.3 Å². The summed E-state index contributed by atoms with van der Waals surface area (Å²) in [5, 5.41) is 0. The van der Waals surface area contributed by atoms with Crippen LogP contribution in [-0.2, 0) is 14.3 Å². The Hall–Kier alpha value is -1.12. The van der Waals surface area contributed by atoms with Gasteiger partial charge in [0.05, 0.1) is 11.9 Å². The molecule has 0 N–H and O–H groups in total. The van der Waals surface area contributed by atoms with Crippen molar-refractivity contribution in [1.82, 2.24) is 0 Å². The Kier molecular flexibility index (Phi) is 4.42. The van der Waals surface area contributed by atoms with Crippen molar-refractivity contribution in [2.24, 2.45) is 11.3 Å². The third kappa shape index (κ3) is 2.63. The molecular weight excluding hydrogens is 276 g/mol. The van der Waals surface area contributed by atoms with Crippen LogP contribution in [0.2, 0.25) is 0 Å². The van der Waals surface area contributed by atoms with Crippen molar-refractivity contribution in [3.05, 3.63) is 11.3 Å². The summed E-state index contributed by atoms with van der Waals surface area (Å²) >= 11 is 0. The molecule has 3 nitrogen and oxygen atoms in total. The van der Waals surface area contributed by atoms with Gasteiger partial charge < -0.3 is 9.53 Å². The minimum Gasteiger partial charge on any atom is -0.495 e. The summed E-state index contributed by atoms with van der Waals surface area (Å²) in [5.74, 6) is 2.41. The lowest BCUT2D eigenvalue weighted by Crippen LogP contribution is -2.38. The number of allylic oxidation sites excluding steroid dienone is 2. The molecule has 0 aromatic carbocycles. The van der Waals surface area contributed by atoms with Gasteiger partial charge in [-0.3, -0.25) is 4.79 Å². The molecule has 0 saturated heterocycles. The lowest BCUT2D eigenvalue weighted by atomic mass is 9.64. The van der Waals surface area contributed by atoms with Crippen molar-refractivity contribution in [2.75, 3.05) is 0 Å². The Morgan fingerprint density at radius 1 is 1.27 bits per heavy atom. The number of Topliss-reactive ketones (excluding diaryl/α,β-unsaturated/α-hetero) is 2. The molecule has 1 fully saturated rings. The van der Waals surface area contributed by atoms with Crippen LogP contribution in [-0.4, -0.2) is 17.7 Å². The highest BCUT2D eigenvalue weighted by Gasteiger charge is 2.52. The van der Waals surface area contributed by atoms with E-state index < -0.39 is 0 Å². The number of ketones is 2.